The van der Waals surface area contributed by atoms with Gasteiger partial charge in [-0.3, -0.25) is 4.90 Å². The van der Waals surface area contributed by atoms with Crippen LogP contribution in [0.1, 0.15) is 64.1 Å². The van der Waals surface area contributed by atoms with Gasteiger partial charge < -0.3 is 5.73 Å². The second kappa shape index (κ2) is 7.42. The van der Waals surface area contributed by atoms with Crippen molar-refractivity contribution < 1.29 is 0 Å². The first-order valence-electron chi connectivity index (χ1n) is 8.59. The number of hydrogen-bond acceptors (Lipinski definition) is 2. The molecule has 0 radical (unpaired) electrons. The second-order valence-electron chi connectivity index (χ2n) is 7.18. The first-order chi connectivity index (χ1) is 9.99. The maximum absolute atomic E-state index is 6.21. The average Bonchev–Trinajstić information content (AvgIpc) is 2.46. The standard InChI is InChI=1S/C19H32N2/c1-14(2)13-17-8-10-18(11-9-17)16(4)21-12-6-5-7-19(21)15(3)20/h8-11,14-16,19H,5-7,12-13,20H2,1-4H3. The molecule has 1 aromatic carbocycles. The number of benzene rings is 1. The first-order valence-corrected chi connectivity index (χ1v) is 8.59. The monoisotopic (exact) mass is 288 g/mol. The summed E-state index contributed by atoms with van der Waals surface area (Å²) < 4.78 is 0. The minimum atomic E-state index is 0.257. The highest BCUT2D eigenvalue weighted by Gasteiger charge is 2.29. The Morgan fingerprint density at radius 3 is 2.33 bits per heavy atom. The highest BCUT2D eigenvalue weighted by atomic mass is 15.2. The Kier molecular flexibility index (Phi) is 5.83. The second-order valence-corrected chi connectivity index (χ2v) is 7.18. The summed E-state index contributed by atoms with van der Waals surface area (Å²) in [5, 5.41) is 0. The SMILES string of the molecule is CC(C)Cc1ccc(C(C)N2CCCCC2C(C)N)cc1. The van der Waals surface area contributed by atoms with Crippen LogP contribution < -0.4 is 5.73 Å². The van der Waals surface area contributed by atoms with E-state index in [1.807, 2.05) is 0 Å². The van der Waals surface area contributed by atoms with Crippen LogP contribution in [0, 0.1) is 5.92 Å². The first kappa shape index (κ1) is 16.5. The predicted octanol–water partition coefficient (Wildman–Crippen LogP) is 4.15. The van der Waals surface area contributed by atoms with Gasteiger partial charge in [-0.05, 0) is 56.7 Å². The van der Waals surface area contributed by atoms with Crippen LogP contribution >= 0.6 is 0 Å². The van der Waals surface area contributed by atoms with E-state index in [2.05, 4.69) is 56.9 Å². The molecule has 3 atom stereocenters. The molecule has 0 saturated carbocycles. The Hall–Kier alpha value is -0.860. The van der Waals surface area contributed by atoms with Crippen LogP contribution in [0.3, 0.4) is 0 Å². The molecular formula is C19H32N2. The van der Waals surface area contributed by atoms with Crippen molar-refractivity contribution in [3.05, 3.63) is 35.4 Å². The molecule has 1 heterocycles. The molecule has 1 aliphatic heterocycles. The van der Waals surface area contributed by atoms with E-state index in [0.29, 0.717) is 12.1 Å². The average molecular weight is 288 g/mol. The largest absolute Gasteiger partial charge is 0.327 e. The Balaban J connectivity index is 2.09. The highest BCUT2D eigenvalue weighted by molar-refractivity contribution is 5.25. The van der Waals surface area contributed by atoms with Crippen LogP contribution in [0.2, 0.25) is 0 Å². The maximum Gasteiger partial charge on any atom is 0.0323 e. The zero-order valence-electron chi connectivity index (χ0n) is 14.2. The Morgan fingerprint density at radius 1 is 1.10 bits per heavy atom. The number of piperidine rings is 1. The lowest BCUT2D eigenvalue weighted by Gasteiger charge is -2.42. The van der Waals surface area contributed by atoms with Crippen LogP contribution in [-0.2, 0) is 6.42 Å². The van der Waals surface area contributed by atoms with Crippen molar-refractivity contribution in [2.24, 2.45) is 11.7 Å². The topological polar surface area (TPSA) is 29.3 Å². The number of nitrogens with two attached hydrogens (primary N) is 1. The summed E-state index contributed by atoms with van der Waals surface area (Å²) in [7, 11) is 0. The van der Waals surface area contributed by atoms with E-state index in [0.717, 1.165) is 5.92 Å². The summed E-state index contributed by atoms with van der Waals surface area (Å²) in [6.45, 7) is 10.2. The highest BCUT2D eigenvalue weighted by Crippen LogP contribution is 2.29. The summed E-state index contributed by atoms with van der Waals surface area (Å²) >= 11 is 0. The smallest absolute Gasteiger partial charge is 0.0323 e. The van der Waals surface area contributed by atoms with E-state index in [9.17, 15) is 0 Å². The van der Waals surface area contributed by atoms with E-state index in [1.165, 1.54) is 43.4 Å². The molecule has 2 N–H and O–H groups in total. The van der Waals surface area contributed by atoms with Crippen molar-refractivity contribution in [1.82, 2.24) is 4.90 Å². The number of likely N-dealkylation sites (tertiary alicyclic amines) is 1. The van der Waals surface area contributed by atoms with Gasteiger partial charge in [0.15, 0.2) is 0 Å². The normalized spacial score (nSPS) is 23.2. The molecule has 118 valence electrons. The van der Waals surface area contributed by atoms with Gasteiger partial charge in [0.1, 0.15) is 0 Å². The number of nitrogens with zero attached hydrogens (tertiary/aromatic N) is 1. The van der Waals surface area contributed by atoms with Gasteiger partial charge in [-0.1, -0.05) is 44.5 Å². The molecule has 0 spiro atoms. The minimum absolute atomic E-state index is 0.257. The summed E-state index contributed by atoms with van der Waals surface area (Å²) in [4.78, 5) is 2.62. The van der Waals surface area contributed by atoms with Gasteiger partial charge in [-0.2, -0.15) is 0 Å². The molecule has 1 aromatic rings. The van der Waals surface area contributed by atoms with Crippen molar-refractivity contribution in [3.63, 3.8) is 0 Å². The quantitative estimate of drug-likeness (QED) is 0.882. The molecule has 1 fully saturated rings. The molecular weight excluding hydrogens is 256 g/mol. The van der Waals surface area contributed by atoms with Gasteiger partial charge in [0.05, 0.1) is 0 Å². The molecule has 2 nitrogen and oxygen atoms in total. The van der Waals surface area contributed by atoms with Gasteiger partial charge in [0.2, 0.25) is 0 Å². The lowest BCUT2D eigenvalue weighted by molar-refractivity contribution is 0.0890. The van der Waals surface area contributed by atoms with E-state index < -0.39 is 0 Å². The van der Waals surface area contributed by atoms with Crippen LogP contribution in [-0.4, -0.2) is 23.5 Å². The third-order valence-electron chi connectivity index (χ3n) is 4.80. The summed E-state index contributed by atoms with van der Waals surface area (Å²) in [5.74, 6) is 0.720. The minimum Gasteiger partial charge on any atom is -0.327 e. The van der Waals surface area contributed by atoms with Crippen molar-refractivity contribution in [1.29, 1.82) is 0 Å². The van der Waals surface area contributed by atoms with Crippen LogP contribution in [0.15, 0.2) is 24.3 Å². The molecule has 2 rings (SSSR count). The molecule has 0 aromatic heterocycles. The summed E-state index contributed by atoms with van der Waals surface area (Å²) in [5.41, 5.74) is 9.08. The van der Waals surface area contributed by atoms with E-state index in [-0.39, 0.29) is 6.04 Å². The predicted molar refractivity (Wildman–Crippen MR) is 91.4 cm³/mol. The molecule has 0 amide bonds. The molecule has 21 heavy (non-hydrogen) atoms. The third kappa shape index (κ3) is 4.31. The van der Waals surface area contributed by atoms with E-state index in [1.54, 1.807) is 0 Å². The molecule has 1 saturated heterocycles. The Morgan fingerprint density at radius 2 is 1.76 bits per heavy atom. The van der Waals surface area contributed by atoms with Crippen LogP contribution in [0.4, 0.5) is 0 Å². The molecule has 0 bridgehead atoms. The van der Waals surface area contributed by atoms with Crippen LogP contribution in [0.5, 0.6) is 0 Å². The van der Waals surface area contributed by atoms with Crippen molar-refractivity contribution >= 4 is 0 Å². The fourth-order valence-corrected chi connectivity index (χ4v) is 3.62. The Bertz CT molecular complexity index is 422. The maximum atomic E-state index is 6.21. The summed E-state index contributed by atoms with van der Waals surface area (Å²) in [6.07, 6.45) is 5.04. The van der Waals surface area contributed by atoms with Gasteiger partial charge >= 0.3 is 0 Å². The lowest BCUT2D eigenvalue weighted by atomic mass is 9.92. The third-order valence-corrected chi connectivity index (χ3v) is 4.80. The molecule has 1 aliphatic rings. The number of rotatable bonds is 5. The fourth-order valence-electron chi connectivity index (χ4n) is 3.62. The Labute approximate surface area is 130 Å². The summed E-state index contributed by atoms with van der Waals surface area (Å²) in [6, 6.07) is 10.5. The van der Waals surface area contributed by atoms with Crippen molar-refractivity contribution in [3.8, 4) is 0 Å². The van der Waals surface area contributed by atoms with Gasteiger partial charge in [-0.15, -0.1) is 0 Å². The number of hydrogen-bond donors (Lipinski definition) is 1. The lowest BCUT2D eigenvalue weighted by Crippen LogP contribution is -2.49. The van der Waals surface area contributed by atoms with Gasteiger partial charge in [-0.25, -0.2) is 0 Å². The van der Waals surface area contributed by atoms with Gasteiger partial charge in [0, 0.05) is 18.1 Å². The van der Waals surface area contributed by atoms with Gasteiger partial charge in [0.25, 0.3) is 0 Å². The molecule has 3 unspecified atom stereocenters. The van der Waals surface area contributed by atoms with Crippen LogP contribution in [0.25, 0.3) is 0 Å². The van der Waals surface area contributed by atoms with Crippen molar-refractivity contribution in [2.75, 3.05) is 6.54 Å². The fraction of sp³-hybridized carbons (Fsp3) is 0.684. The van der Waals surface area contributed by atoms with E-state index >= 15 is 0 Å². The van der Waals surface area contributed by atoms with E-state index in [4.69, 9.17) is 5.73 Å². The molecule has 2 heteroatoms. The van der Waals surface area contributed by atoms with Crippen molar-refractivity contribution in [2.45, 2.75) is 71.5 Å². The molecule has 0 aliphatic carbocycles. The zero-order valence-corrected chi connectivity index (χ0v) is 14.2. The zero-order chi connectivity index (χ0) is 15.4.